The molecule has 0 unspecified atom stereocenters. The molecule has 27 heavy (non-hydrogen) atoms. The average Bonchev–Trinajstić information content (AvgIpc) is 3.30. The smallest absolute Gasteiger partial charge is 0.272 e. The van der Waals surface area contributed by atoms with Gasteiger partial charge in [-0.2, -0.15) is 5.10 Å². The van der Waals surface area contributed by atoms with Gasteiger partial charge in [0.05, 0.1) is 10.7 Å². The van der Waals surface area contributed by atoms with Crippen molar-refractivity contribution in [2.45, 2.75) is 39.0 Å². The van der Waals surface area contributed by atoms with Gasteiger partial charge in [0.1, 0.15) is 5.69 Å². The van der Waals surface area contributed by atoms with Crippen LogP contribution in [0.25, 0.3) is 0 Å². The Bertz CT molecular complexity index is 798. The van der Waals surface area contributed by atoms with Gasteiger partial charge < -0.3 is 10.2 Å². The fourth-order valence-corrected chi connectivity index (χ4v) is 4.23. The predicted octanol–water partition coefficient (Wildman–Crippen LogP) is 2.21. The minimum absolute atomic E-state index is 0.00109. The zero-order valence-corrected chi connectivity index (χ0v) is 17.0. The van der Waals surface area contributed by atoms with Gasteiger partial charge in [-0.25, -0.2) is 4.98 Å². The lowest BCUT2D eigenvalue weighted by Crippen LogP contribution is -2.39. The summed E-state index contributed by atoms with van der Waals surface area (Å²) in [4.78, 5) is 31.0. The van der Waals surface area contributed by atoms with Crippen molar-refractivity contribution < 1.29 is 9.59 Å². The lowest BCUT2D eigenvalue weighted by atomic mass is 9.98. The SMILES string of the molecule is CC(C)C(=O)NCCc1csc([C@@H]2CCCN(C(=O)c3ccnn3C)C2)n1. The second-order valence-electron chi connectivity index (χ2n) is 7.30. The zero-order valence-electron chi connectivity index (χ0n) is 16.1. The second kappa shape index (κ2) is 8.65. The van der Waals surface area contributed by atoms with Crippen molar-refractivity contribution in [2.75, 3.05) is 19.6 Å². The van der Waals surface area contributed by atoms with Crippen LogP contribution in [-0.4, -0.2) is 51.1 Å². The lowest BCUT2D eigenvalue weighted by molar-refractivity contribution is -0.123. The van der Waals surface area contributed by atoms with Gasteiger partial charge in [0.25, 0.3) is 5.91 Å². The molecule has 1 atom stereocenters. The summed E-state index contributed by atoms with van der Waals surface area (Å²) < 4.78 is 1.62. The topological polar surface area (TPSA) is 80.1 Å². The number of amides is 2. The Morgan fingerprint density at radius 3 is 2.93 bits per heavy atom. The molecule has 1 aliphatic rings. The molecule has 1 fully saturated rings. The third-order valence-electron chi connectivity index (χ3n) is 4.87. The van der Waals surface area contributed by atoms with Crippen LogP contribution in [-0.2, 0) is 18.3 Å². The van der Waals surface area contributed by atoms with E-state index in [1.807, 2.05) is 18.7 Å². The van der Waals surface area contributed by atoms with Crippen molar-refractivity contribution in [1.82, 2.24) is 25.0 Å². The number of piperidine rings is 1. The minimum Gasteiger partial charge on any atom is -0.355 e. The van der Waals surface area contributed by atoms with Crippen LogP contribution in [0.4, 0.5) is 0 Å². The zero-order chi connectivity index (χ0) is 19.4. The van der Waals surface area contributed by atoms with Gasteiger partial charge in [-0.05, 0) is 18.9 Å². The highest BCUT2D eigenvalue weighted by atomic mass is 32.1. The number of hydrogen-bond acceptors (Lipinski definition) is 5. The molecule has 0 aliphatic carbocycles. The highest BCUT2D eigenvalue weighted by Gasteiger charge is 2.28. The Labute approximate surface area is 163 Å². The van der Waals surface area contributed by atoms with Crippen LogP contribution in [0.15, 0.2) is 17.6 Å². The van der Waals surface area contributed by atoms with Crippen molar-refractivity contribution in [1.29, 1.82) is 0 Å². The molecule has 7 nitrogen and oxygen atoms in total. The van der Waals surface area contributed by atoms with Gasteiger partial charge in [-0.1, -0.05) is 13.8 Å². The lowest BCUT2D eigenvalue weighted by Gasteiger charge is -2.31. The van der Waals surface area contributed by atoms with E-state index < -0.39 is 0 Å². The molecule has 1 N–H and O–H groups in total. The quantitative estimate of drug-likeness (QED) is 0.821. The predicted molar refractivity (Wildman–Crippen MR) is 105 cm³/mol. The van der Waals surface area contributed by atoms with Gasteiger partial charge in [0, 0.05) is 56.5 Å². The molecule has 146 valence electrons. The average molecular weight is 390 g/mol. The Morgan fingerprint density at radius 2 is 2.22 bits per heavy atom. The first-order valence-electron chi connectivity index (χ1n) is 9.45. The molecule has 3 rings (SSSR count). The highest BCUT2D eigenvalue weighted by molar-refractivity contribution is 7.09. The van der Waals surface area contributed by atoms with E-state index in [-0.39, 0.29) is 23.7 Å². The fraction of sp³-hybridized carbons (Fsp3) is 0.579. The van der Waals surface area contributed by atoms with Gasteiger partial charge in [0.2, 0.25) is 5.91 Å². The molecule has 0 aromatic carbocycles. The van der Waals surface area contributed by atoms with Gasteiger partial charge in [-0.15, -0.1) is 11.3 Å². The van der Waals surface area contributed by atoms with Gasteiger partial charge >= 0.3 is 0 Å². The van der Waals surface area contributed by atoms with Crippen LogP contribution >= 0.6 is 11.3 Å². The summed E-state index contributed by atoms with van der Waals surface area (Å²) in [6, 6.07) is 1.76. The van der Waals surface area contributed by atoms with Crippen molar-refractivity contribution in [3.8, 4) is 0 Å². The third kappa shape index (κ3) is 4.74. The molecule has 2 aromatic heterocycles. The van der Waals surface area contributed by atoms with Crippen LogP contribution in [0.2, 0.25) is 0 Å². The number of carbonyl (C=O) groups excluding carboxylic acids is 2. The third-order valence-corrected chi connectivity index (χ3v) is 5.93. The Kier molecular flexibility index (Phi) is 6.26. The van der Waals surface area contributed by atoms with E-state index in [2.05, 4.69) is 15.8 Å². The molecule has 2 amide bonds. The monoisotopic (exact) mass is 389 g/mol. The first-order valence-corrected chi connectivity index (χ1v) is 10.3. The maximum Gasteiger partial charge on any atom is 0.272 e. The summed E-state index contributed by atoms with van der Waals surface area (Å²) in [5.41, 5.74) is 1.63. The Morgan fingerprint density at radius 1 is 1.41 bits per heavy atom. The van der Waals surface area contributed by atoms with Crippen molar-refractivity contribution >= 4 is 23.2 Å². The minimum atomic E-state index is 0.00109. The normalized spacial score (nSPS) is 17.3. The van der Waals surface area contributed by atoms with Gasteiger partial charge in [-0.3, -0.25) is 14.3 Å². The molecular weight excluding hydrogens is 362 g/mol. The molecule has 0 bridgehead atoms. The van der Waals surface area contributed by atoms with E-state index in [1.165, 1.54) is 0 Å². The number of nitrogens with one attached hydrogen (secondary N) is 1. The van der Waals surface area contributed by atoms with Crippen LogP contribution in [0.5, 0.6) is 0 Å². The maximum absolute atomic E-state index is 12.7. The van der Waals surface area contributed by atoms with Crippen molar-refractivity contribution in [3.63, 3.8) is 0 Å². The van der Waals surface area contributed by atoms with Crippen molar-refractivity contribution in [2.24, 2.45) is 13.0 Å². The van der Waals surface area contributed by atoms with Crippen molar-refractivity contribution in [3.05, 3.63) is 34.0 Å². The Hall–Kier alpha value is -2.22. The summed E-state index contributed by atoms with van der Waals surface area (Å²) in [7, 11) is 1.79. The summed E-state index contributed by atoms with van der Waals surface area (Å²) >= 11 is 1.66. The number of carbonyl (C=O) groups is 2. The maximum atomic E-state index is 12.7. The number of aryl methyl sites for hydroxylation is 1. The first kappa shape index (κ1) is 19.5. The fourth-order valence-electron chi connectivity index (χ4n) is 3.25. The van der Waals surface area contributed by atoms with Gasteiger partial charge in [0.15, 0.2) is 0 Å². The summed E-state index contributed by atoms with van der Waals surface area (Å²) in [5, 5.41) is 10.2. The molecule has 0 spiro atoms. The van der Waals surface area contributed by atoms with E-state index in [0.29, 0.717) is 18.8 Å². The summed E-state index contributed by atoms with van der Waals surface area (Å²) in [5.74, 6) is 0.385. The molecule has 2 aromatic rings. The summed E-state index contributed by atoms with van der Waals surface area (Å²) in [6.45, 7) is 5.85. The number of nitrogens with zero attached hydrogens (tertiary/aromatic N) is 4. The molecule has 1 aliphatic heterocycles. The number of aromatic nitrogens is 3. The van der Waals surface area contributed by atoms with Crippen LogP contribution in [0, 0.1) is 5.92 Å². The van der Waals surface area contributed by atoms with E-state index in [0.717, 1.165) is 36.5 Å². The molecule has 8 heteroatoms. The summed E-state index contributed by atoms with van der Waals surface area (Å²) in [6.07, 6.45) is 4.42. The molecule has 1 saturated heterocycles. The Balaban J connectivity index is 1.57. The van der Waals surface area contributed by atoms with Crippen LogP contribution in [0.1, 0.15) is 53.8 Å². The number of hydrogen-bond donors (Lipinski definition) is 1. The second-order valence-corrected chi connectivity index (χ2v) is 8.19. The molecule has 0 radical (unpaired) electrons. The molecule has 0 saturated carbocycles. The molecular formula is C19H27N5O2S. The standard InChI is InChI=1S/C19H27N5O2S/c1-13(2)17(25)20-8-6-15-12-27-18(22-15)14-5-4-10-24(11-14)19(26)16-7-9-21-23(16)3/h7,9,12-14H,4-6,8,10-11H2,1-3H3,(H,20,25)/t14-/m1/s1. The van der Waals surface area contributed by atoms with E-state index in [1.54, 1.807) is 35.3 Å². The van der Waals surface area contributed by atoms with E-state index in [9.17, 15) is 9.59 Å². The number of thiazole rings is 1. The van der Waals surface area contributed by atoms with E-state index >= 15 is 0 Å². The van der Waals surface area contributed by atoms with Crippen LogP contribution in [0.3, 0.4) is 0 Å². The molecule has 3 heterocycles. The number of rotatable bonds is 6. The van der Waals surface area contributed by atoms with E-state index in [4.69, 9.17) is 4.98 Å². The number of likely N-dealkylation sites (tertiary alicyclic amines) is 1. The first-order chi connectivity index (χ1) is 13.0. The largest absolute Gasteiger partial charge is 0.355 e. The van der Waals surface area contributed by atoms with Crippen LogP contribution < -0.4 is 5.32 Å². The highest BCUT2D eigenvalue weighted by Crippen LogP contribution is 2.30.